The summed E-state index contributed by atoms with van der Waals surface area (Å²) in [6.07, 6.45) is -4.10. The molecule has 7 nitrogen and oxygen atoms in total. The van der Waals surface area contributed by atoms with Crippen molar-refractivity contribution in [1.29, 1.82) is 0 Å². The second-order valence-electron chi connectivity index (χ2n) is 8.15. The predicted molar refractivity (Wildman–Crippen MR) is 124 cm³/mol. The van der Waals surface area contributed by atoms with E-state index in [-0.39, 0.29) is 23.6 Å². The molecule has 1 atom stereocenters. The van der Waals surface area contributed by atoms with E-state index in [4.69, 9.17) is 9.47 Å². The maximum atomic E-state index is 13.6. The minimum atomic E-state index is -4.53. The van der Waals surface area contributed by atoms with E-state index in [0.717, 1.165) is 24.3 Å². The van der Waals surface area contributed by atoms with Crippen LogP contribution in [-0.2, 0) is 22.7 Å². The van der Waals surface area contributed by atoms with Gasteiger partial charge in [0.1, 0.15) is 5.69 Å². The third-order valence-corrected chi connectivity index (χ3v) is 6.01. The van der Waals surface area contributed by atoms with Crippen LogP contribution < -0.4 is 0 Å². The first kappa shape index (κ1) is 28.1. The average molecular weight is 497 g/mol. The number of methoxy groups -OCH3 is 1. The standard InChI is InChI=1S/C25H31F3N2O5/c1-7-35-14-8-13-30(23(32)18-9-11-19(12-10-18)25(26,27)28)17(4)22(31)20-15(2)21(24(33)34-6)29(5)16(20)3/h9-12,17H,7-8,13-14H2,1-6H3. The molecule has 192 valence electrons. The van der Waals surface area contributed by atoms with Crippen LogP contribution in [0.1, 0.15) is 68.3 Å². The van der Waals surface area contributed by atoms with Crippen molar-refractivity contribution in [3.05, 3.63) is 57.9 Å². The van der Waals surface area contributed by atoms with Crippen LogP contribution in [0.2, 0.25) is 0 Å². The Bertz CT molecular complexity index is 1070. The lowest BCUT2D eigenvalue weighted by Crippen LogP contribution is -2.44. The first-order chi connectivity index (χ1) is 16.4. The van der Waals surface area contributed by atoms with Gasteiger partial charge in [-0.3, -0.25) is 9.59 Å². The molecule has 0 spiro atoms. The molecule has 1 unspecified atom stereocenters. The number of hydrogen-bond acceptors (Lipinski definition) is 5. The SMILES string of the molecule is CCOCCCN(C(=O)c1ccc(C(F)(F)F)cc1)C(C)C(=O)c1c(C)c(C(=O)OC)n(C)c1C. The Morgan fingerprint density at radius 1 is 1.11 bits per heavy atom. The normalized spacial score (nSPS) is 12.4. The monoisotopic (exact) mass is 496 g/mol. The van der Waals surface area contributed by atoms with Crippen LogP contribution >= 0.6 is 0 Å². The molecule has 2 rings (SSSR count). The van der Waals surface area contributed by atoms with Crippen molar-refractivity contribution in [2.75, 3.05) is 26.9 Å². The van der Waals surface area contributed by atoms with E-state index in [9.17, 15) is 27.6 Å². The van der Waals surface area contributed by atoms with E-state index in [1.54, 1.807) is 32.4 Å². The molecule has 0 aliphatic heterocycles. The lowest BCUT2D eigenvalue weighted by atomic mass is 9.99. The van der Waals surface area contributed by atoms with Gasteiger partial charge in [-0.25, -0.2) is 4.79 Å². The summed E-state index contributed by atoms with van der Waals surface area (Å²) in [6.45, 7) is 7.71. The molecule has 0 aliphatic rings. The van der Waals surface area contributed by atoms with Gasteiger partial charge in [0.25, 0.3) is 5.91 Å². The van der Waals surface area contributed by atoms with Crippen molar-refractivity contribution < 1.29 is 37.0 Å². The quantitative estimate of drug-likeness (QED) is 0.273. The minimum Gasteiger partial charge on any atom is -0.464 e. The molecule has 0 fully saturated rings. The van der Waals surface area contributed by atoms with E-state index in [1.165, 1.54) is 12.0 Å². The average Bonchev–Trinajstić information content (AvgIpc) is 3.04. The number of rotatable bonds is 10. The summed E-state index contributed by atoms with van der Waals surface area (Å²) >= 11 is 0. The molecular formula is C25H31F3N2O5. The second kappa shape index (κ2) is 11.5. The van der Waals surface area contributed by atoms with Gasteiger partial charge in [0.2, 0.25) is 0 Å². The van der Waals surface area contributed by atoms with Gasteiger partial charge in [0.05, 0.1) is 18.7 Å². The fourth-order valence-corrected chi connectivity index (χ4v) is 4.00. The summed E-state index contributed by atoms with van der Waals surface area (Å²) in [5.74, 6) is -1.55. The summed E-state index contributed by atoms with van der Waals surface area (Å²) in [5.41, 5.74) is 0.673. The zero-order valence-electron chi connectivity index (χ0n) is 20.8. The summed E-state index contributed by atoms with van der Waals surface area (Å²) < 4.78 is 50.6. The number of esters is 1. The van der Waals surface area contributed by atoms with Crippen LogP contribution in [0.4, 0.5) is 13.2 Å². The number of aromatic nitrogens is 1. The highest BCUT2D eigenvalue weighted by molar-refractivity contribution is 6.07. The van der Waals surface area contributed by atoms with E-state index in [2.05, 4.69) is 0 Å². The Kier molecular flexibility index (Phi) is 9.25. The Balaban J connectivity index is 2.43. The molecule has 1 aromatic carbocycles. The number of Topliss-reactive ketones (excluding diaryl/α,β-unsaturated/α-hetero) is 1. The Morgan fingerprint density at radius 2 is 1.71 bits per heavy atom. The van der Waals surface area contributed by atoms with Crippen LogP contribution in [-0.4, -0.2) is 60.0 Å². The molecule has 0 aliphatic carbocycles. The highest BCUT2D eigenvalue weighted by Crippen LogP contribution is 2.30. The molecule has 35 heavy (non-hydrogen) atoms. The maximum absolute atomic E-state index is 13.6. The van der Waals surface area contributed by atoms with Crippen molar-refractivity contribution in [2.24, 2.45) is 7.05 Å². The molecule has 1 heterocycles. The van der Waals surface area contributed by atoms with Gasteiger partial charge in [-0.1, -0.05) is 0 Å². The molecule has 0 radical (unpaired) electrons. The number of ketones is 1. The van der Waals surface area contributed by atoms with Gasteiger partial charge in [-0.2, -0.15) is 13.2 Å². The zero-order chi connectivity index (χ0) is 26.5. The molecule has 0 N–H and O–H groups in total. The van der Waals surface area contributed by atoms with Crippen LogP contribution in [0, 0.1) is 13.8 Å². The molecule has 2 aromatic rings. The number of carbonyl (C=O) groups excluding carboxylic acids is 3. The summed E-state index contributed by atoms with van der Waals surface area (Å²) in [7, 11) is 2.89. The van der Waals surface area contributed by atoms with Crippen molar-refractivity contribution in [3.63, 3.8) is 0 Å². The largest absolute Gasteiger partial charge is 0.464 e. The number of amides is 1. The van der Waals surface area contributed by atoms with Crippen molar-refractivity contribution in [3.8, 4) is 0 Å². The number of nitrogens with zero attached hydrogens (tertiary/aromatic N) is 2. The van der Waals surface area contributed by atoms with Gasteiger partial charge in [-0.15, -0.1) is 0 Å². The molecule has 1 amide bonds. The predicted octanol–water partition coefficient (Wildman–Crippen LogP) is 4.59. The number of carbonyl (C=O) groups is 3. The molecule has 0 saturated heterocycles. The maximum Gasteiger partial charge on any atom is 0.416 e. The highest BCUT2D eigenvalue weighted by Gasteiger charge is 2.34. The fourth-order valence-electron chi connectivity index (χ4n) is 4.00. The van der Waals surface area contributed by atoms with Gasteiger partial charge in [0.15, 0.2) is 5.78 Å². The van der Waals surface area contributed by atoms with E-state index in [0.29, 0.717) is 36.5 Å². The van der Waals surface area contributed by atoms with E-state index in [1.807, 2.05) is 6.92 Å². The van der Waals surface area contributed by atoms with Gasteiger partial charge < -0.3 is 18.9 Å². The minimum absolute atomic E-state index is 0.0332. The first-order valence-corrected chi connectivity index (χ1v) is 11.2. The van der Waals surface area contributed by atoms with Crippen LogP contribution in [0.5, 0.6) is 0 Å². The number of benzene rings is 1. The number of ether oxygens (including phenoxy) is 2. The fraction of sp³-hybridized carbons (Fsp3) is 0.480. The molecule has 1 aromatic heterocycles. The zero-order valence-corrected chi connectivity index (χ0v) is 20.8. The van der Waals surface area contributed by atoms with Crippen molar-refractivity contribution in [1.82, 2.24) is 9.47 Å². The van der Waals surface area contributed by atoms with Crippen LogP contribution in [0.15, 0.2) is 24.3 Å². The Hall–Kier alpha value is -3.14. The van der Waals surface area contributed by atoms with Gasteiger partial charge in [-0.05, 0) is 63.9 Å². The smallest absolute Gasteiger partial charge is 0.416 e. The van der Waals surface area contributed by atoms with Gasteiger partial charge >= 0.3 is 12.1 Å². The lowest BCUT2D eigenvalue weighted by Gasteiger charge is -2.29. The third kappa shape index (κ3) is 6.11. The summed E-state index contributed by atoms with van der Waals surface area (Å²) in [5, 5.41) is 0. The third-order valence-electron chi connectivity index (χ3n) is 6.01. The first-order valence-electron chi connectivity index (χ1n) is 11.2. The summed E-state index contributed by atoms with van der Waals surface area (Å²) in [6, 6.07) is 2.94. The van der Waals surface area contributed by atoms with Gasteiger partial charge in [0, 0.05) is 43.6 Å². The molecule has 0 bridgehead atoms. The Labute approximate surface area is 202 Å². The molecular weight excluding hydrogens is 465 g/mol. The van der Waals surface area contributed by atoms with E-state index < -0.39 is 29.7 Å². The Morgan fingerprint density at radius 3 is 2.23 bits per heavy atom. The summed E-state index contributed by atoms with van der Waals surface area (Å²) in [4.78, 5) is 40.4. The number of alkyl halides is 3. The topological polar surface area (TPSA) is 77.8 Å². The van der Waals surface area contributed by atoms with Crippen molar-refractivity contribution in [2.45, 2.75) is 46.3 Å². The van der Waals surface area contributed by atoms with Crippen molar-refractivity contribution >= 4 is 17.7 Å². The lowest BCUT2D eigenvalue weighted by molar-refractivity contribution is -0.137. The second-order valence-corrected chi connectivity index (χ2v) is 8.15. The van der Waals surface area contributed by atoms with Crippen LogP contribution in [0.25, 0.3) is 0 Å². The number of hydrogen-bond donors (Lipinski definition) is 0. The van der Waals surface area contributed by atoms with Crippen LogP contribution in [0.3, 0.4) is 0 Å². The number of halogens is 3. The molecule has 10 heteroatoms. The molecule has 0 saturated carbocycles. The van der Waals surface area contributed by atoms with E-state index >= 15 is 0 Å². The highest BCUT2D eigenvalue weighted by atomic mass is 19.4.